The SMILES string of the molecule is COc1ccc(Br)c(CC(N)c2ncccn2)c1. The Hall–Kier alpha value is -1.46. The first-order chi connectivity index (χ1) is 8.70. The molecule has 2 N–H and O–H groups in total. The number of benzene rings is 1. The lowest BCUT2D eigenvalue weighted by Gasteiger charge is -2.12. The van der Waals surface area contributed by atoms with Crippen LogP contribution in [0.2, 0.25) is 0 Å². The molecule has 18 heavy (non-hydrogen) atoms. The summed E-state index contributed by atoms with van der Waals surface area (Å²) in [6.07, 6.45) is 4.05. The number of halogens is 1. The molecule has 1 atom stereocenters. The van der Waals surface area contributed by atoms with E-state index >= 15 is 0 Å². The summed E-state index contributed by atoms with van der Waals surface area (Å²) in [5.41, 5.74) is 7.18. The van der Waals surface area contributed by atoms with Crippen molar-refractivity contribution in [3.05, 3.63) is 52.5 Å². The Morgan fingerprint density at radius 3 is 2.72 bits per heavy atom. The zero-order valence-electron chi connectivity index (χ0n) is 10.0. The summed E-state index contributed by atoms with van der Waals surface area (Å²) in [5, 5.41) is 0. The van der Waals surface area contributed by atoms with Crippen LogP contribution in [0.3, 0.4) is 0 Å². The second-order valence-electron chi connectivity index (χ2n) is 3.87. The van der Waals surface area contributed by atoms with E-state index in [4.69, 9.17) is 10.5 Å². The number of hydrogen-bond donors (Lipinski definition) is 1. The van der Waals surface area contributed by atoms with Gasteiger partial charge in [0.25, 0.3) is 0 Å². The molecule has 0 aliphatic heterocycles. The van der Waals surface area contributed by atoms with Crippen LogP contribution < -0.4 is 10.5 Å². The van der Waals surface area contributed by atoms with Gasteiger partial charge < -0.3 is 10.5 Å². The van der Waals surface area contributed by atoms with Gasteiger partial charge in [-0.3, -0.25) is 0 Å². The molecule has 5 heteroatoms. The predicted octanol–water partition coefficient (Wildman–Crippen LogP) is 2.49. The fraction of sp³-hybridized carbons (Fsp3) is 0.231. The van der Waals surface area contributed by atoms with Crippen LogP contribution >= 0.6 is 15.9 Å². The van der Waals surface area contributed by atoms with E-state index in [9.17, 15) is 0 Å². The Morgan fingerprint density at radius 1 is 1.33 bits per heavy atom. The molecule has 2 rings (SSSR count). The number of aromatic nitrogens is 2. The van der Waals surface area contributed by atoms with Gasteiger partial charge in [0.15, 0.2) is 0 Å². The standard InChI is InChI=1S/C13H14BrN3O/c1-18-10-3-4-11(14)9(7-10)8-12(15)13-16-5-2-6-17-13/h2-7,12H,8,15H2,1H3. The third kappa shape index (κ3) is 3.05. The lowest BCUT2D eigenvalue weighted by Crippen LogP contribution is -2.16. The van der Waals surface area contributed by atoms with Crippen LogP contribution in [0, 0.1) is 0 Å². The zero-order chi connectivity index (χ0) is 13.0. The number of methoxy groups -OCH3 is 1. The Balaban J connectivity index is 2.18. The molecule has 0 bridgehead atoms. The Bertz CT molecular complexity index is 519. The number of nitrogens with zero attached hydrogens (tertiary/aromatic N) is 2. The molecule has 0 saturated carbocycles. The number of hydrogen-bond acceptors (Lipinski definition) is 4. The molecular weight excluding hydrogens is 294 g/mol. The highest BCUT2D eigenvalue weighted by Crippen LogP contribution is 2.25. The first-order valence-electron chi connectivity index (χ1n) is 5.55. The van der Waals surface area contributed by atoms with Crippen molar-refractivity contribution in [2.75, 3.05) is 7.11 Å². The van der Waals surface area contributed by atoms with Crippen LogP contribution in [0.5, 0.6) is 5.75 Å². The van der Waals surface area contributed by atoms with E-state index < -0.39 is 0 Å². The van der Waals surface area contributed by atoms with E-state index in [1.54, 1.807) is 25.6 Å². The van der Waals surface area contributed by atoms with Gasteiger partial charge in [-0.2, -0.15) is 0 Å². The highest BCUT2D eigenvalue weighted by Gasteiger charge is 2.12. The molecule has 0 saturated heterocycles. The molecule has 0 aliphatic rings. The van der Waals surface area contributed by atoms with Gasteiger partial charge in [0.05, 0.1) is 13.2 Å². The predicted molar refractivity (Wildman–Crippen MR) is 73.4 cm³/mol. The molecule has 94 valence electrons. The maximum atomic E-state index is 6.10. The van der Waals surface area contributed by atoms with Crippen molar-refractivity contribution >= 4 is 15.9 Å². The van der Waals surface area contributed by atoms with Gasteiger partial charge >= 0.3 is 0 Å². The van der Waals surface area contributed by atoms with Gasteiger partial charge in [0, 0.05) is 16.9 Å². The molecule has 0 fully saturated rings. The molecule has 2 aromatic rings. The largest absolute Gasteiger partial charge is 0.497 e. The quantitative estimate of drug-likeness (QED) is 0.942. The Labute approximate surface area is 114 Å². The monoisotopic (exact) mass is 307 g/mol. The van der Waals surface area contributed by atoms with E-state index in [1.165, 1.54) is 0 Å². The summed E-state index contributed by atoms with van der Waals surface area (Å²) in [7, 11) is 1.65. The first-order valence-corrected chi connectivity index (χ1v) is 6.35. The molecule has 1 aromatic heterocycles. The topological polar surface area (TPSA) is 61.0 Å². The number of nitrogens with two attached hydrogens (primary N) is 1. The van der Waals surface area contributed by atoms with E-state index in [2.05, 4.69) is 25.9 Å². The van der Waals surface area contributed by atoms with Gasteiger partial charge in [-0.25, -0.2) is 9.97 Å². The summed E-state index contributed by atoms with van der Waals surface area (Å²) >= 11 is 3.51. The minimum atomic E-state index is -0.227. The maximum Gasteiger partial charge on any atom is 0.145 e. The summed E-state index contributed by atoms with van der Waals surface area (Å²) in [4.78, 5) is 8.33. The van der Waals surface area contributed by atoms with E-state index in [-0.39, 0.29) is 6.04 Å². The minimum Gasteiger partial charge on any atom is -0.497 e. The molecule has 0 amide bonds. The third-order valence-electron chi connectivity index (χ3n) is 2.61. The van der Waals surface area contributed by atoms with Crippen LogP contribution in [-0.4, -0.2) is 17.1 Å². The van der Waals surface area contributed by atoms with Gasteiger partial charge in [0.2, 0.25) is 0 Å². The van der Waals surface area contributed by atoms with E-state index in [1.807, 2.05) is 18.2 Å². The highest BCUT2D eigenvalue weighted by atomic mass is 79.9. The first kappa shape index (κ1) is 13.0. The molecule has 0 spiro atoms. The molecule has 4 nitrogen and oxygen atoms in total. The van der Waals surface area contributed by atoms with Crippen molar-refractivity contribution in [3.63, 3.8) is 0 Å². The van der Waals surface area contributed by atoms with Crippen molar-refractivity contribution in [1.82, 2.24) is 9.97 Å². The van der Waals surface area contributed by atoms with Gasteiger partial charge in [-0.15, -0.1) is 0 Å². The summed E-state index contributed by atoms with van der Waals surface area (Å²) in [6.45, 7) is 0. The van der Waals surface area contributed by atoms with Gasteiger partial charge in [0.1, 0.15) is 11.6 Å². The third-order valence-corrected chi connectivity index (χ3v) is 3.38. The molecule has 1 aromatic carbocycles. The fourth-order valence-corrected chi connectivity index (χ4v) is 2.07. The molecule has 0 aliphatic carbocycles. The van der Waals surface area contributed by atoms with Gasteiger partial charge in [-0.05, 0) is 36.2 Å². The van der Waals surface area contributed by atoms with Crippen LogP contribution in [-0.2, 0) is 6.42 Å². The van der Waals surface area contributed by atoms with Crippen molar-refractivity contribution < 1.29 is 4.74 Å². The van der Waals surface area contributed by atoms with Crippen molar-refractivity contribution in [1.29, 1.82) is 0 Å². The zero-order valence-corrected chi connectivity index (χ0v) is 11.6. The molecule has 1 heterocycles. The lowest BCUT2D eigenvalue weighted by atomic mass is 10.1. The normalized spacial score (nSPS) is 12.2. The van der Waals surface area contributed by atoms with Crippen LogP contribution in [0.1, 0.15) is 17.4 Å². The summed E-state index contributed by atoms with van der Waals surface area (Å²) in [6, 6.07) is 7.37. The van der Waals surface area contributed by atoms with Crippen molar-refractivity contribution in [2.24, 2.45) is 5.73 Å². The second-order valence-corrected chi connectivity index (χ2v) is 4.73. The average molecular weight is 308 g/mol. The lowest BCUT2D eigenvalue weighted by molar-refractivity contribution is 0.414. The summed E-state index contributed by atoms with van der Waals surface area (Å²) < 4.78 is 6.21. The van der Waals surface area contributed by atoms with E-state index in [0.29, 0.717) is 12.2 Å². The molecular formula is C13H14BrN3O. The molecule has 1 unspecified atom stereocenters. The number of rotatable bonds is 4. The van der Waals surface area contributed by atoms with Crippen LogP contribution in [0.25, 0.3) is 0 Å². The van der Waals surface area contributed by atoms with Gasteiger partial charge in [-0.1, -0.05) is 15.9 Å². The highest BCUT2D eigenvalue weighted by molar-refractivity contribution is 9.10. The summed E-state index contributed by atoms with van der Waals surface area (Å²) in [5.74, 6) is 1.46. The van der Waals surface area contributed by atoms with Crippen LogP contribution in [0.15, 0.2) is 41.1 Å². The number of ether oxygens (including phenoxy) is 1. The molecule has 0 radical (unpaired) electrons. The average Bonchev–Trinajstić information content (AvgIpc) is 2.42. The van der Waals surface area contributed by atoms with Crippen molar-refractivity contribution in [2.45, 2.75) is 12.5 Å². The van der Waals surface area contributed by atoms with Crippen molar-refractivity contribution in [3.8, 4) is 5.75 Å². The van der Waals surface area contributed by atoms with Crippen LogP contribution in [0.4, 0.5) is 0 Å². The Morgan fingerprint density at radius 2 is 2.06 bits per heavy atom. The minimum absolute atomic E-state index is 0.227. The van der Waals surface area contributed by atoms with E-state index in [0.717, 1.165) is 15.8 Å². The Kier molecular flexibility index (Phi) is 4.28. The smallest absolute Gasteiger partial charge is 0.145 e. The second kappa shape index (κ2) is 5.93. The fourth-order valence-electron chi connectivity index (χ4n) is 1.66. The maximum absolute atomic E-state index is 6.10.